The second-order valence-corrected chi connectivity index (χ2v) is 10.1. The van der Waals surface area contributed by atoms with Crippen LogP contribution < -0.4 is 4.74 Å². The molecule has 0 aromatic heterocycles. The average molecular weight is 420 g/mol. The third kappa shape index (κ3) is 4.84. The van der Waals surface area contributed by atoms with Crippen molar-refractivity contribution in [2.75, 3.05) is 18.1 Å². The molecule has 0 unspecified atom stereocenters. The molecule has 1 aliphatic heterocycles. The van der Waals surface area contributed by atoms with Crippen molar-refractivity contribution in [3.63, 3.8) is 0 Å². The standard InChI is InChI=1S/C18H23Cl2NO4S/c19-16-7-6-15(10-17(16)20)25-11-18(22)21(13-4-2-1-3-5-13)14-8-9-26(23,24)12-14/h6-7,10,13-14H,1-5,8-9,11-12H2/t14-/m0/s1. The number of hydrogen-bond acceptors (Lipinski definition) is 4. The Balaban J connectivity index is 1.70. The lowest BCUT2D eigenvalue weighted by Gasteiger charge is -2.38. The summed E-state index contributed by atoms with van der Waals surface area (Å²) in [5.74, 6) is 0.518. The van der Waals surface area contributed by atoms with Crippen molar-refractivity contribution in [3.05, 3.63) is 28.2 Å². The molecular weight excluding hydrogens is 397 g/mol. The molecule has 1 saturated carbocycles. The zero-order valence-corrected chi connectivity index (χ0v) is 16.8. The predicted octanol–water partition coefficient (Wildman–Crippen LogP) is 3.72. The number of sulfone groups is 1. The molecule has 0 spiro atoms. The molecule has 144 valence electrons. The Bertz CT molecular complexity index is 762. The predicted molar refractivity (Wildman–Crippen MR) is 103 cm³/mol. The molecule has 26 heavy (non-hydrogen) atoms. The van der Waals surface area contributed by atoms with E-state index in [1.807, 2.05) is 0 Å². The molecule has 1 aromatic carbocycles. The fourth-order valence-corrected chi connectivity index (χ4v) is 5.85. The van der Waals surface area contributed by atoms with Gasteiger partial charge in [0.1, 0.15) is 5.75 Å². The first-order chi connectivity index (χ1) is 12.4. The first-order valence-corrected chi connectivity index (χ1v) is 11.5. The molecule has 0 radical (unpaired) electrons. The van der Waals surface area contributed by atoms with Crippen LogP contribution in [-0.2, 0) is 14.6 Å². The normalized spacial score (nSPS) is 22.9. The van der Waals surface area contributed by atoms with Crippen LogP contribution in [-0.4, -0.2) is 49.4 Å². The van der Waals surface area contributed by atoms with Gasteiger partial charge in [-0.05, 0) is 31.4 Å². The van der Waals surface area contributed by atoms with E-state index in [2.05, 4.69) is 0 Å². The van der Waals surface area contributed by atoms with Gasteiger partial charge in [0, 0.05) is 18.2 Å². The molecule has 1 amide bonds. The van der Waals surface area contributed by atoms with Gasteiger partial charge in [-0.2, -0.15) is 0 Å². The summed E-state index contributed by atoms with van der Waals surface area (Å²) in [4.78, 5) is 14.7. The van der Waals surface area contributed by atoms with E-state index in [9.17, 15) is 13.2 Å². The lowest BCUT2D eigenvalue weighted by molar-refractivity contribution is -0.138. The quantitative estimate of drug-likeness (QED) is 0.729. The van der Waals surface area contributed by atoms with E-state index in [0.717, 1.165) is 25.7 Å². The Hall–Kier alpha value is -0.980. The summed E-state index contributed by atoms with van der Waals surface area (Å²) in [5.41, 5.74) is 0. The van der Waals surface area contributed by atoms with E-state index in [0.29, 0.717) is 22.2 Å². The topological polar surface area (TPSA) is 63.7 Å². The second kappa shape index (κ2) is 8.36. The Labute approximate surface area is 164 Å². The Morgan fingerprint density at radius 3 is 2.42 bits per heavy atom. The van der Waals surface area contributed by atoms with Crippen LogP contribution in [0.15, 0.2) is 18.2 Å². The van der Waals surface area contributed by atoms with Crippen LogP contribution in [0.2, 0.25) is 10.0 Å². The molecule has 1 heterocycles. The van der Waals surface area contributed by atoms with Crippen LogP contribution in [0, 0.1) is 0 Å². The number of rotatable bonds is 5. The van der Waals surface area contributed by atoms with Crippen molar-refractivity contribution in [2.45, 2.75) is 50.6 Å². The fourth-order valence-electron chi connectivity index (χ4n) is 3.85. The highest BCUT2D eigenvalue weighted by atomic mass is 35.5. The van der Waals surface area contributed by atoms with Crippen LogP contribution in [0.4, 0.5) is 0 Å². The smallest absolute Gasteiger partial charge is 0.261 e. The number of halogens is 2. The number of hydrogen-bond donors (Lipinski definition) is 0. The highest BCUT2D eigenvalue weighted by Crippen LogP contribution is 2.29. The number of nitrogens with zero attached hydrogens (tertiary/aromatic N) is 1. The zero-order valence-electron chi connectivity index (χ0n) is 14.5. The van der Waals surface area contributed by atoms with Crippen LogP contribution >= 0.6 is 23.2 Å². The summed E-state index contributed by atoms with van der Waals surface area (Å²) in [6, 6.07) is 4.71. The van der Waals surface area contributed by atoms with Gasteiger partial charge >= 0.3 is 0 Å². The average Bonchev–Trinajstić information content (AvgIpc) is 2.96. The van der Waals surface area contributed by atoms with Crippen molar-refractivity contribution in [1.29, 1.82) is 0 Å². The van der Waals surface area contributed by atoms with Gasteiger partial charge in [-0.3, -0.25) is 4.79 Å². The number of carbonyl (C=O) groups is 1. The molecule has 1 atom stereocenters. The van der Waals surface area contributed by atoms with Gasteiger partial charge in [0.15, 0.2) is 16.4 Å². The van der Waals surface area contributed by atoms with Crippen LogP contribution in [0.1, 0.15) is 38.5 Å². The minimum Gasteiger partial charge on any atom is -0.484 e. The molecular formula is C18H23Cl2NO4S. The first kappa shape index (κ1) is 19.8. The van der Waals surface area contributed by atoms with E-state index >= 15 is 0 Å². The second-order valence-electron chi connectivity index (χ2n) is 7.01. The fraction of sp³-hybridized carbons (Fsp3) is 0.611. The Morgan fingerprint density at radius 1 is 1.08 bits per heavy atom. The van der Waals surface area contributed by atoms with Gasteiger partial charge in [0.05, 0.1) is 21.6 Å². The largest absolute Gasteiger partial charge is 0.484 e. The number of carbonyl (C=O) groups excluding carboxylic acids is 1. The highest BCUT2D eigenvalue weighted by Gasteiger charge is 2.38. The lowest BCUT2D eigenvalue weighted by atomic mass is 9.93. The summed E-state index contributed by atoms with van der Waals surface area (Å²) in [7, 11) is -3.06. The van der Waals surface area contributed by atoms with Gasteiger partial charge in [0.25, 0.3) is 5.91 Å². The van der Waals surface area contributed by atoms with Crippen molar-refractivity contribution in [3.8, 4) is 5.75 Å². The van der Waals surface area contributed by atoms with Crippen molar-refractivity contribution in [1.82, 2.24) is 4.90 Å². The van der Waals surface area contributed by atoms with Crippen molar-refractivity contribution >= 4 is 38.9 Å². The Kier molecular flexibility index (Phi) is 6.36. The van der Waals surface area contributed by atoms with Gasteiger partial charge in [-0.15, -0.1) is 0 Å². The SMILES string of the molecule is O=C(COc1ccc(Cl)c(Cl)c1)N(C1CCCCC1)[C@H]1CCS(=O)(=O)C1. The first-order valence-electron chi connectivity index (χ1n) is 8.95. The number of benzene rings is 1. The monoisotopic (exact) mass is 419 g/mol. The van der Waals surface area contributed by atoms with Gasteiger partial charge in [0.2, 0.25) is 0 Å². The van der Waals surface area contributed by atoms with Crippen LogP contribution in [0.3, 0.4) is 0 Å². The summed E-state index contributed by atoms with van der Waals surface area (Å²) >= 11 is 11.9. The molecule has 0 bridgehead atoms. The molecule has 2 aliphatic rings. The molecule has 3 rings (SSSR count). The van der Waals surface area contributed by atoms with Gasteiger partial charge in [-0.1, -0.05) is 42.5 Å². The minimum absolute atomic E-state index is 0.0576. The molecule has 5 nitrogen and oxygen atoms in total. The molecule has 1 saturated heterocycles. The van der Waals surface area contributed by atoms with Crippen molar-refractivity contribution in [2.24, 2.45) is 0 Å². The summed E-state index contributed by atoms with van der Waals surface area (Å²) in [5, 5.41) is 0.785. The van der Waals surface area contributed by atoms with E-state index in [4.69, 9.17) is 27.9 Å². The maximum atomic E-state index is 12.9. The van der Waals surface area contributed by atoms with E-state index in [1.54, 1.807) is 23.1 Å². The van der Waals surface area contributed by atoms with Crippen LogP contribution in [0.5, 0.6) is 5.75 Å². The summed E-state index contributed by atoms with van der Waals surface area (Å²) < 4.78 is 29.4. The van der Waals surface area contributed by atoms with E-state index in [-0.39, 0.29) is 36.1 Å². The zero-order chi connectivity index (χ0) is 18.7. The molecule has 8 heteroatoms. The number of ether oxygens (including phenoxy) is 1. The third-order valence-corrected chi connectivity index (χ3v) is 7.60. The Morgan fingerprint density at radius 2 is 1.81 bits per heavy atom. The van der Waals surface area contributed by atoms with Gasteiger partial charge in [-0.25, -0.2) is 8.42 Å². The third-order valence-electron chi connectivity index (χ3n) is 5.11. The molecule has 2 fully saturated rings. The molecule has 1 aromatic rings. The van der Waals surface area contributed by atoms with Crippen molar-refractivity contribution < 1.29 is 17.9 Å². The summed E-state index contributed by atoms with van der Waals surface area (Å²) in [6.45, 7) is -0.134. The van der Waals surface area contributed by atoms with E-state index < -0.39 is 9.84 Å². The molecule has 0 N–H and O–H groups in total. The highest BCUT2D eigenvalue weighted by molar-refractivity contribution is 7.91. The maximum absolute atomic E-state index is 12.9. The minimum atomic E-state index is -3.06. The maximum Gasteiger partial charge on any atom is 0.261 e. The van der Waals surface area contributed by atoms with Crippen LogP contribution in [0.25, 0.3) is 0 Å². The van der Waals surface area contributed by atoms with E-state index in [1.165, 1.54) is 6.42 Å². The molecule has 1 aliphatic carbocycles. The summed E-state index contributed by atoms with van der Waals surface area (Å²) in [6.07, 6.45) is 5.67. The van der Waals surface area contributed by atoms with Gasteiger partial charge < -0.3 is 9.64 Å². The number of amides is 1. The lowest BCUT2D eigenvalue weighted by Crippen LogP contribution is -2.50.